The van der Waals surface area contributed by atoms with E-state index >= 15 is 0 Å². The summed E-state index contributed by atoms with van der Waals surface area (Å²) in [6.07, 6.45) is -0.815. The molecule has 3 rings (SSSR count). The van der Waals surface area contributed by atoms with Crippen molar-refractivity contribution >= 4 is 17.3 Å². The number of benzene rings is 1. The maximum absolute atomic E-state index is 12.4. The number of rotatable bonds is 4. The van der Waals surface area contributed by atoms with Crippen LogP contribution in [0.4, 0.5) is 18.9 Å². The van der Waals surface area contributed by atoms with Gasteiger partial charge in [0.1, 0.15) is 11.5 Å². The molecule has 1 aromatic rings. The summed E-state index contributed by atoms with van der Waals surface area (Å²) >= 11 is 0. The molecule has 1 aliphatic carbocycles. The lowest BCUT2D eigenvalue weighted by Crippen LogP contribution is -2.41. The van der Waals surface area contributed by atoms with Gasteiger partial charge in [0.25, 0.3) is 5.91 Å². The molecule has 27 heavy (non-hydrogen) atoms. The molecular weight excluding hydrogens is 361 g/mol. The van der Waals surface area contributed by atoms with Crippen LogP contribution in [0.1, 0.15) is 31.2 Å². The Bertz CT molecular complexity index is 738. The second-order valence-electron chi connectivity index (χ2n) is 7.26. The number of halogens is 3. The number of carbonyl (C=O) groups is 1. The van der Waals surface area contributed by atoms with E-state index in [4.69, 9.17) is 11.1 Å². The minimum absolute atomic E-state index is 0.0116. The number of nitrogens with one attached hydrogen (secondary N) is 2. The molecule has 9 heteroatoms. The Morgan fingerprint density at radius 2 is 2.11 bits per heavy atom. The zero-order chi connectivity index (χ0) is 19.8. The monoisotopic (exact) mass is 384 g/mol. The first-order chi connectivity index (χ1) is 12.6. The van der Waals surface area contributed by atoms with E-state index in [1.54, 1.807) is 0 Å². The van der Waals surface area contributed by atoms with Crippen LogP contribution < -0.4 is 15.8 Å². The predicted molar refractivity (Wildman–Crippen MR) is 94.7 cm³/mol. The van der Waals surface area contributed by atoms with E-state index in [0.29, 0.717) is 12.0 Å². The Labute approximate surface area is 155 Å². The average molecular weight is 384 g/mol. The quantitative estimate of drug-likeness (QED) is 0.550. The van der Waals surface area contributed by atoms with Gasteiger partial charge in [-0.1, -0.05) is 0 Å². The second-order valence-corrected chi connectivity index (χ2v) is 7.26. The van der Waals surface area contributed by atoms with E-state index in [0.717, 1.165) is 44.4 Å². The lowest BCUT2D eigenvalue weighted by atomic mass is 9.92. The molecular formula is C18H23F3N4O2. The number of hydrogen-bond donors (Lipinski definition) is 3. The molecule has 0 bridgehead atoms. The van der Waals surface area contributed by atoms with Crippen LogP contribution in [0.2, 0.25) is 0 Å². The zero-order valence-corrected chi connectivity index (χ0v) is 15.0. The fourth-order valence-electron chi connectivity index (χ4n) is 4.18. The lowest BCUT2D eigenvalue weighted by Gasteiger charge is -2.34. The highest BCUT2D eigenvalue weighted by Gasteiger charge is 2.39. The Morgan fingerprint density at radius 3 is 2.74 bits per heavy atom. The number of amides is 1. The molecule has 3 atom stereocenters. The summed E-state index contributed by atoms with van der Waals surface area (Å²) in [4.78, 5) is 14.8. The van der Waals surface area contributed by atoms with Gasteiger partial charge >= 0.3 is 6.36 Å². The number of alkyl halides is 3. The molecule has 1 amide bonds. The third-order valence-electron chi connectivity index (χ3n) is 5.40. The van der Waals surface area contributed by atoms with E-state index < -0.39 is 18.0 Å². The summed E-state index contributed by atoms with van der Waals surface area (Å²) in [6, 6.07) is 3.63. The van der Waals surface area contributed by atoms with Crippen LogP contribution in [0, 0.1) is 11.3 Å². The van der Waals surface area contributed by atoms with Crippen LogP contribution in [-0.4, -0.2) is 48.6 Å². The van der Waals surface area contributed by atoms with Crippen molar-refractivity contribution in [1.82, 2.24) is 10.2 Å². The normalized spacial score (nSPS) is 25.7. The minimum Gasteiger partial charge on any atom is -0.406 e. The number of likely N-dealkylation sites (tertiary alicyclic amines) is 1. The van der Waals surface area contributed by atoms with Crippen molar-refractivity contribution in [2.24, 2.45) is 5.92 Å². The number of anilines is 1. The van der Waals surface area contributed by atoms with E-state index in [-0.39, 0.29) is 23.0 Å². The largest absolute Gasteiger partial charge is 0.573 e. The van der Waals surface area contributed by atoms with Gasteiger partial charge in [0.15, 0.2) is 0 Å². The van der Waals surface area contributed by atoms with Crippen molar-refractivity contribution in [2.45, 2.75) is 44.1 Å². The van der Waals surface area contributed by atoms with E-state index in [1.807, 2.05) is 0 Å². The van der Waals surface area contributed by atoms with Crippen LogP contribution in [0.3, 0.4) is 0 Å². The number of hydrogen-bond acceptors (Lipinski definition) is 5. The van der Waals surface area contributed by atoms with Gasteiger partial charge in [0.05, 0.1) is 0 Å². The third kappa shape index (κ3) is 4.52. The van der Waals surface area contributed by atoms with Gasteiger partial charge in [0.2, 0.25) is 0 Å². The van der Waals surface area contributed by atoms with Crippen molar-refractivity contribution in [3.05, 3.63) is 23.8 Å². The summed E-state index contributed by atoms with van der Waals surface area (Å²) in [6.45, 7) is 1.06. The Balaban J connectivity index is 1.63. The van der Waals surface area contributed by atoms with E-state index in [9.17, 15) is 18.0 Å². The van der Waals surface area contributed by atoms with Crippen LogP contribution in [0.15, 0.2) is 18.2 Å². The van der Waals surface area contributed by atoms with Gasteiger partial charge in [0, 0.05) is 29.4 Å². The molecule has 4 N–H and O–H groups in total. The minimum atomic E-state index is -4.83. The topological polar surface area (TPSA) is 91.4 Å². The van der Waals surface area contributed by atoms with E-state index in [1.165, 1.54) is 6.07 Å². The Morgan fingerprint density at radius 1 is 1.37 bits per heavy atom. The first-order valence-electron chi connectivity index (χ1n) is 8.89. The molecule has 2 aliphatic rings. The van der Waals surface area contributed by atoms with Crippen LogP contribution in [-0.2, 0) is 4.79 Å². The highest BCUT2D eigenvalue weighted by atomic mass is 19.4. The third-order valence-corrected chi connectivity index (χ3v) is 5.40. The molecule has 1 saturated heterocycles. The number of nitrogens with zero attached hydrogens (tertiary/aromatic N) is 1. The smallest absolute Gasteiger partial charge is 0.406 e. The van der Waals surface area contributed by atoms with Crippen molar-refractivity contribution in [2.75, 3.05) is 19.3 Å². The average Bonchev–Trinajstić information content (AvgIpc) is 2.97. The lowest BCUT2D eigenvalue weighted by molar-refractivity contribution is -0.274. The summed E-state index contributed by atoms with van der Waals surface area (Å²) in [5.41, 5.74) is 5.32. The van der Waals surface area contributed by atoms with Gasteiger partial charge < -0.3 is 20.7 Å². The summed E-state index contributed by atoms with van der Waals surface area (Å²) < 4.78 is 40.6. The molecule has 148 valence electrons. The van der Waals surface area contributed by atoms with Gasteiger partial charge in [-0.3, -0.25) is 10.2 Å². The second kappa shape index (κ2) is 7.38. The van der Waals surface area contributed by atoms with Gasteiger partial charge in [-0.2, -0.15) is 0 Å². The summed E-state index contributed by atoms with van der Waals surface area (Å²) in [7, 11) is 2.09. The predicted octanol–water partition coefficient (Wildman–Crippen LogP) is 2.52. The highest BCUT2D eigenvalue weighted by molar-refractivity contribution is 6.45. The molecule has 2 fully saturated rings. The van der Waals surface area contributed by atoms with Gasteiger partial charge in [-0.15, -0.1) is 13.2 Å². The van der Waals surface area contributed by atoms with Crippen molar-refractivity contribution in [1.29, 1.82) is 5.41 Å². The first-order valence-corrected chi connectivity index (χ1v) is 8.89. The first kappa shape index (κ1) is 19.5. The van der Waals surface area contributed by atoms with Crippen molar-refractivity contribution in [3.8, 4) is 5.75 Å². The van der Waals surface area contributed by atoms with Gasteiger partial charge in [-0.05, 0) is 57.3 Å². The number of ether oxygens (including phenoxy) is 1. The molecule has 1 aromatic carbocycles. The number of fused-ring (bicyclic) bond motifs is 1. The summed E-state index contributed by atoms with van der Waals surface area (Å²) in [5.74, 6) is -0.510. The number of piperidine rings is 1. The van der Waals surface area contributed by atoms with Crippen LogP contribution >= 0.6 is 0 Å². The molecule has 1 heterocycles. The number of nitrogens with two attached hydrogens (primary N) is 1. The standard InChI is InChI=1S/C18H23F3N4O2/c1-25-6-2-3-10-7-11(8-15(10)25)24-17(26)16(23)13-5-4-12(9-14(13)22)27-18(19,20)21/h4-5,9-11,15,23H,2-3,6-8,22H2,1H3,(H,24,26)/t10?,11-,15?/m0/s1. The SMILES string of the molecule is CN1CCCC2C[C@H](NC(=O)C(=N)c3ccc(OC(F)(F)F)cc3N)CC21. The fourth-order valence-corrected chi connectivity index (χ4v) is 4.18. The molecule has 1 aliphatic heterocycles. The van der Waals surface area contributed by atoms with Crippen LogP contribution in [0.25, 0.3) is 0 Å². The zero-order valence-electron chi connectivity index (χ0n) is 15.0. The highest BCUT2D eigenvalue weighted by Crippen LogP contribution is 2.36. The number of nitrogen functional groups attached to an aromatic ring is 1. The molecule has 1 saturated carbocycles. The molecule has 0 radical (unpaired) electrons. The molecule has 2 unspecified atom stereocenters. The molecule has 0 spiro atoms. The van der Waals surface area contributed by atoms with Crippen molar-refractivity contribution < 1.29 is 22.7 Å². The van der Waals surface area contributed by atoms with Gasteiger partial charge in [-0.25, -0.2) is 0 Å². The summed E-state index contributed by atoms with van der Waals surface area (Å²) in [5, 5.41) is 10.9. The van der Waals surface area contributed by atoms with Crippen molar-refractivity contribution in [3.63, 3.8) is 0 Å². The number of carbonyl (C=O) groups excluding carboxylic acids is 1. The molecule has 6 nitrogen and oxygen atoms in total. The Kier molecular flexibility index (Phi) is 5.32. The van der Waals surface area contributed by atoms with Crippen LogP contribution in [0.5, 0.6) is 5.75 Å². The maximum Gasteiger partial charge on any atom is 0.573 e. The Hall–Kier alpha value is -2.29. The maximum atomic E-state index is 12.4. The fraction of sp³-hybridized carbons (Fsp3) is 0.556. The van der Waals surface area contributed by atoms with E-state index in [2.05, 4.69) is 22.0 Å². The molecule has 0 aromatic heterocycles.